The van der Waals surface area contributed by atoms with Crippen molar-refractivity contribution in [3.8, 4) is 22.3 Å². The lowest BCUT2D eigenvalue weighted by Gasteiger charge is -2.23. The van der Waals surface area contributed by atoms with Gasteiger partial charge in [-0.25, -0.2) is 0 Å². The van der Waals surface area contributed by atoms with Gasteiger partial charge in [0.2, 0.25) is 0 Å². The summed E-state index contributed by atoms with van der Waals surface area (Å²) in [6.45, 7) is 4.75. The monoisotopic (exact) mass is 406 g/mol. The summed E-state index contributed by atoms with van der Waals surface area (Å²) in [5.74, 6) is 0. The molecule has 0 bridgehead atoms. The van der Waals surface area contributed by atoms with E-state index in [4.69, 9.17) is 0 Å². The van der Waals surface area contributed by atoms with Crippen molar-refractivity contribution >= 4 is 32.3 Å². The summed E-state index contributed by atoms with van der Waals surface area (Å²) in [7, 11) is 0. The fourth-order valence-corrected chi connectivity index (χ4v) is 6.77. The molecule has 8 rings (SSSR count). The van der Waals surface area contributed by atoms with Crippen molar-refractivity contribution in [1.82, 2.24) is 0 Å². The van der Waals surface area contributed by atoms with Crippen LogP contribution in [0.15, 0.2) is 84.9 Å². The van der Waals surface area contributed by atoms with Gasteiger partial charge < -0.3 is 0 Å². The van der Waals surface area contributed by atoms with Gasteiger partial charge in [-0.15, -0.1) is 0 Å². The molecule has 6 aromatic carbocycles. The lowest BCUT2D eigenvalue weighted by atomic mass is 9.80. The molecule has 2 aliphatic carbocycles. The smallest absolute Gasteiger partial charge is 0.0159 e. The highest BCUT2D eigenvalue weighted by Crippen LogP contribution is 2.54. The van der Waals surface area contributed by atoms with Gasteiger partial charge in [-0.1, -0.05) is 92.7 Å². The summed E-state index contributed by atoms with van der Waals surface area (Å²) in [6, 6.07) is 32.3. The van der Waals surface area contributed by atoms with Gasteiger partial charge in [-0.2, -0.15) is 0 Å². The first kappa shape index (κ1) is 17.0. The molecule has 0 radical (unpaired) electrons. The first-order valence-electron chi connectivity index (χ1n) is 11.6. The molecular weight excluding hydrogens is 384 g/mol. The molecule has 0 saturated carbocycles. The Hall–Kier alpha value is -3.64. The van der Waals surface area contributed by atoms with Crippen LogP contribution in [-0.2, 0) is 11.8 Å². The van der Waals surface area contributed by atoms with Gasteiger partial charge in [0.15, 0.2) is 0 Å². The molecule has 0 N–H and O–H groups in total. The number of fused-ring (bicyclic) bond motifs is 8. The maximum absolute atomic E-state index is 2.47. The van der Waals surface area contributed by atoms with Crippen LogP contribution in [-0.4, -0.2) is 0 Å². The van der Waals surface area contributed by atoms with Crippen molar-refractivity contribution < 1.29 is 0 Å². The van der Waals surface area contributed by atoms with Crippen molar-refractivity contribution in [3.05, 3.63) is 107 Å². The van der Waals surface area contributed by atoms with Gasteiger partial charge in [-0.3, -0.25) is 0 Å². The van der Waals surface area contributed by atoms with Crippen LogP contribution >= 0.6 is 0 Å². The standard InChI is InChI=1S/C32H22/c1-32(2)26-10-6-5-9-23(26)31-25-14-11-19-16-21-15-18-7-3-4-8-22(18)28(21)24-13-12-20(17-27(31)32)30(25)29(19)24/h3-14,16-17H,15H2,1-2H3. The van der Waals surface area contributed by atoms with Crippen molar-refractivity contribution in [1.29, 1.82) is 0 Å². The quantitative estimate of drug-likeness (QED) is 0.222. The van der Waals surface area contributed by atoms with E-state index in [2.05, 4.69) is 98.8 Å². The van der Waals surface area contributed by atoms with Crippen LogP contribution in [0.2, 0.25) is 0 Å². The maximum Gasteiger partial charge on any atom is 0.0159 e. The summed E-state index contributed by atoms with van der Waals surface area (Å²) < 4.78 is 0. The summed E-state index contributed by atoms with van der Waals surface area (Å²) in [6.07, 6.45) is 1.04. The van der Waals surface area contributed by atoms with Gasteiger partial charge >= 0.3 is 0 Å². The predicted molar refractivity (Wildman–Crippen MR) is 136 cm³/mol. The van der Waals surface area contributed by atoms with Gasteiger partial charge in [0.25, 0.3) is 0 Å². The molecule has 0 heteroatoms. The van der Waals surface area contributed by atoms with Crippen LogP contribution in [0.4, 0.5) is 0 Å². The lowest BCUT2D eigenvalue weighted by Crippen LogP contribution is -2.14. The molecule has 150 valence electrons. The van der Waals surface area contributed by atoms with Crippen molar-refractivity contribution in [2.45, 2.75) is 25.7 Å². The molecule has 0 saturated heterocycles. The van der Waals surface area contributed by atoms with Crippen molar-refractivity contribution in [3.63, 3.8) is 0 Å². The van der Waals surface area contributed by atoms with Crippen LogP contribution in [0.1, 0.15) is 36.1 Å². The van der Waals surface area contributed by atoms with E-state index in [0.717, 1.165) is 6.42 Å². The minimum atomic E-state index is 0.0244. The molecule has 0 amide bonds. The zero-order valence-corrected chi connectivity index (χ0v) is 18.3. The van der Waals surface area contributed by atoms with E-state index in [0.29, 0.717) is 0 Å². The van der Waals surface area contributed by atoms with Gasteiger partial charge in [-0.05, 0) is 89.3 Å². The SMILES string of the molecule is CC1(C)c2ccccc2-c2c1cc1ccc3c4c(cc5ccc2c1c53)Cc1ccccc1-4. The second-order valence-corrected chi connectivity index (χ2v) is 10.1. The lowest BCUT2D eigenvalue weighted by molar-refractivity contribution is 0.661. The fraction of sp³-hybridized carbons (Fsp3) is 0.125. The van der Waals surface area contributed by atoms with Gasteiger partial charge in [0.1, 0.15) is 0 Å². The van der Waals surface area contributed by atoms with Gasteiger partial charge in [0.05, 0.1) is 0 Å². The first-order chi connectivity index (χ1) is 15.6. The Balaban J connectivity index is 1.58. The van der Waals surface area contributed by atoms with E-state index < -0.39 is 0 Å². The molecule has 0 fully saturated rings. The molecule has 0 heterocycles. The molecule has 0 aromatic heterocycles. The molecule has 2 aliphatic rings. The van der Waals surface area contributed by atoms with Crippen LogP contribution < -0.4 is 0 Å². The highest BCUT2D eigenvalue weighted by Gasteiger charge is 2.37. The highest BCUT2D eigenvalue weighted by molar-refractivity contribution is 6.29. The summed E-state index contributed by atoms with van der Waals surface area (Å²) >= 11 is 0. The van der Waals surface area contributed by atoms with E-state index in [1.165, 1.54) is 76.8 Å². The van der Waals surface area contributed by atoms with E-state index in [1.54, 1.807) is 0 Å². The molecule has 0 aliphatic heterocycles. The summed E-state index contributed by atoms with van der Waals surface area (Å²) in [5, 5.41) is 8.41. The van der Waals surface area contributed by atoms with Crippen LogP contribution in [0.25, 0.3) is 54.6 Å². The molecule has 0 unspecified atom stereocenters. The summed E-state index contributed by atoms with van der Waals surface area (Å²) in [5.41, 5.74) is 11.6. The Bertz CT molecular complexity index is 1760. The topological polar surface area (TPSA) is 0 Å². The molecule has 0 atom stereocenters. The molecule has 6 aromatic rings. The number of rotatable bonds is 0. The van der Waals surface area contributed by atoms with Crippen LogP contribution in [0.5, 0.6) is 0 Å². The molecule has 0 spiro atoms. The number of hydrogen-bond donors (Lipinski definition) is 0. The third-order valence-electron chi connectivity index (χ3n) is 8.19. The average molecular weight is 407 g/mol. The Morgan fingerprint density at radius 2 is 1.22 bits per heavy atom. The van der Waals surface area contributed by atoms with Crippen molar-refractivity contribution in [2.75, 3.05) is 0 Å². The van der Waals surface area contributed by atoms with Crippen LogP contribution in [0.3, 0.4) is 0 Å². The molecular formula is C32H22. The second kappa shape index (κ2) is 5.40. The minimum Gasteiger partial charge on any atom is -0.0619 e. The largest absolute Gasteiger partial charge is 0.0619 e. The zero-order valence-electron chi connectivity index (χ0n) is 18.3. The van der Waals surface area contributed by atoms with E-state index in [9.17, 15) is 0 Å². The Kier molecular flexibility index (Phi) is 2.86. The molecule has 0 nitrogen and oxygen atoms in total. The van der Waals surface area contributed by atoms with Gasteiger partial charge in [0, 0.05) is 5.41 Å². The third kappa shape index (κ3) is 1.83. The average Bonchev–Trinajstić information content (AvgIpc) is 3.30. The zero-order chi connectivity index (χ0) is 21.2. The Morgan fingerprint density at radius 3 is 2.03 bits per heavy atom. The number of benzene rings is 6. The minimum absolute atomic E-state index is 0.0244. The van der Waals surface area contributed by atoms with Crippen LogP contribution in [0, 0.1) is 0 Å². The maximum atomic E-state index is 2.47. The summed E-state index contributed by atoms with van der Waals surface area (Å²) in [4.78, 5) is 0. The third-order valence-corrected chi connectivity index (χ3v) is 8.19. The first-order valence-corrected chi connectivity index (χ1v) is 11.6. The second-order valence-electron chi connectivity index (χ2n) is 10.1. The number of hydrogen-bond acceptors (Lipinski definition) is 0. The van der Waals surface area contributed by atoms with E-state index in [1.807, 2.05) is 0 Å². The molecule has 32 heavy (non-hydrogen) atoms. The van der Waals surface area contributed by atoms with E-state index in [-0.39, 0.29) is 5.41 Å². The van der Waals surface area contributed by atoms with Crippen molar-refractivity contribution in [2.24, 2.45) is 0 Å². The predicted octanol–water partition coefficient (Wildman–Crippen LogP) is 8.46. The Labute approximate surface area is 187 Å². The van der Waals surface area contributed by atoms with E-state index >= 15 is 0 Å². The normalized spacial score (nSPS) is 15.3. The highest BCUT2D eigenvalue weighted by atomic mass is 14.4. The fourth-order valence-electron chi connectivity index (χ4n) is 6.77. The Morgan fingerprint density at radius 1 is 0.562 bits per heavy atom.